The Labute approximate surface area is 107 Å². The summed E-state index contributed by atoms with van der Waals surface area (Å²) in [5, 5.41) is 11.8. The van der Waals surface area contributed by atoms with Gasteiger partial charge in [0.1, 0.15) is 0 Å². The standard InChI is InChI=1S/C14H18N4/c1-4-16-14-11(3)10(2)13(17-18-14)8-12-6-5-7-15-9-12/h5-7,9H,4,8H2,1-3H3,(H,16,18). The lowest BCUT2D eigenvalue weighted by Crippen LogP contribution is -2.08. The van der Waals surface area contributed by atoms with E-state index in [1.807, 2.05) is 12.3 Å². The molecule has 2 rings (SSSR count). The topological polar surface area (TPSA) is 50.7 Å². The second-order valence-corrected chi connectivity index (χ2v) is 4.31. The Morgan fingerprint density at radius 2 is 2.00 bits per heavy atom. The first kappa shape index (κ1) is 12.5. The number of nitrogens with one attached hydrogen (secondary N) is 1. The van der Waals surface area contributed by atoms with Gasteiger partial charge in [-0.3, -0.25) is 4.98 Å². The van der Waals surface area contributed by atoms with E-state index >= 15 is 0 Å². The van der Waals surface area contributed by atoms with E-state index in [4.69, 9.17) is 0 Å². The zero-order chi connectivity index (χ0) is 13.0. The van der Waals surface area contributed by atoms with Crippen LogP contribution in [-0.4, -0.2) is 21.7 Å². The Morgan fingerprint density at radius 1 is 1.17 bits per heavy atom. The molecule has 0 unspecified atom stereocenters. The monoisotopic (exact) mass is 242 g/mol. The van der Waals surface area contributed by atoms with Crippen LogP contribution in [0.5, 0.6) is 0 Å². The van der Waals surface area contributed by atoms with Crippen molar-refractivity contribution in [3.63, 3.8) is 0 Å². The first-order chi connectivity index (χ1) is 8.72. The molecule has 2 heterocycles. The molecular formula is C14H18N4. The molecule has 0 spiro atoms. The van der Waals surface area contributed by atoms with Crippen molar-refractivity contribution in [2.24, 2.45) is 0 Å². The van der Waals surface area contributed by atoms with Crippen molar-refractivity contribution in [1.29, 1.82) is 0 Å². The predicted molar refractivity (Wildman–Crippen MR) is 72.7 cm³/mol. The zero-order valence-corrected chi connectivity index (χ0v) is 11.1. The molecule has 2 aromatic heterocycles. The summed E-state index contributed by atoms with van der Waals surface area (Å²) in [6.07, 6.45) is 4.43. The van der Waals surface area contributed by atoms with E-state index in [0.29, 0.717) is 0 Å². The van der Waals surface area contributed by atoms with Crippen LogP contribution in [0, 0.1) is 13.8 Å². The van der Waals surface area contributed by atoms with Crippen LogP contribution in [0.15, 0.2) is 24.5 Å². The summed E-state index contributed by atoms with van der Waals surface area (Å²) >= 11 is 0. The van der Waals surface area contributed by atoms with Crippen LogP contribution >= 0.6 is 0 Å². The van der Waals surface area contributed by atoms with Gasteiger partial charge in [-0.25, -0.2) is 0 Å². The fourth-order valence-corrected chi connectivity index (χ4v) is 1.85. The third-order valence-electron chi connectivity index (χ3n) is 3.06. The van der Waals surface area contributed by atoms with Crippen molar-refractivity contribution in [3.05, 3.63) is 46.9 Å². The number of rotatable bonds is 4. The third-order valence-corrected chi connectivity index (χ3v) is 3.06. The highest BCUT2D eigenvalue weighted by atomic mass is 15.2. The summed E-state index contributed by atoms with van der Waals surface area (Å²) in [5.41, 5.74) is 4.54. The molecule has 4 heteroatoms. The van der Waals surface area contributed by atoms with Gasteiger partial charge in [-0.15, -0.1) is 5.10 Å². The van der Waals surface area contributed by atoms with Gasteiger partial charge in [-0.1, -0.05) is 6.07 Å². The van der Waals surface area contributed by atoms with Crippen molar-refractivity contribution in [2.45, 2.75) is 27.2 Å². The number of anilines is 1. The lowest BCUT2D eigenvalue weighted by Gasteiger charge is -2.11. The van der Waals surface area contributed by atoms with Crippen LogP contribution in [-0.2, 0) is 6.42 Å². The van der Waals surface area contributed by atoms with Gasteiger partial charge in [0.15, 0.2) is 5.82 Å². The van der Waals surface area contributed by atoms with Crippen molar-refractivity contribution >= 4 is 5.82 Å². The van der Waals surface area contributed by atoms with Gasteiger partial charge in [0.25, 0.3) is 0 Å². The van der Waals surface area contributed by atoms with E-state index < -0.39 is 0 Å². The van der Waals surface area contributed by atoms with E-state index in [1.165, 1.54) is 11.1 Å². The first-order valence-corrected chi connectivity index (χ1v) is 6.18. The summed E-state index contributed by atoms with van der Waals surface area (Å²) in [6, 6.07) is 4.00. The van der Waals surface area contributed by atoms with Gasteiger partial charge in [-0.05, 0) is 43.5 Å². The Balaban J connectivity index is 2.27. The molecule has 0 amide bonds. The molecule has 0 aliphatic carbocycles. The summed E-state index contributed by atoms with van der Waals surface area (Å²) in [5.74, 6) is 0.880. The first-order valence-electron chi connectivity index (χ1n) is 6.18. The van der Waals surface area contributed by atoms with Crippen molar-refractivity contribution in [2.75, 3.05) is 11.9 Å². The molecule has 18 heavy (non-hydrogen) atoms. The van der Waals surface area contributed by atoms with Crippen LogP contribution in [0.1, 0.15) is 29.3 Å². The second-order valence-electron chi connectivity index (χ2n) is 4.31. The maximum absolute atomic E-state index is 4.31. The number of aromatic nitrogens is 3. The quantitative estimate of drug-likeness (QED) is 0.895. The van der Waals surface area contributed by atoms with Gasteiger partial charge < -0.3 is 5.32 Å². The van der Waals surface area contributed by atoms with Crippen LogP contribution in [0.3, 0.4) is 0 Å². The third kappa shape index (κ3) is 2.64. The molecule has 0 atom stereocenters. The Kier molecular flexibility index (Phi) is 3.87. The summed E-state index contributed by atoms with van der Waals surface area (Å²) in [6.45, 7) is 7.09. The lowest BCUT2D eigenvalue weighted by atomic mass is 10.0. The fraction of sp³-hybridized carbons (Fsp3) is 0.357. The number of hydrogen-bond donors (Lipinski definition) is 1. The normalized spacial score (nSPS) is 10.4. The SMILES string of the molecule is CCNc1nnc(Cc2cccnc2)c(C)c1C. The molecule has 2 aromatic rings. The van der Waals surface area contributed by atoms with Crippen LogP contribution in [0.2, 0.25) is 0 Å². The molecule has 0 aliphatic rings. The Bertz CT molecular complexity index is 523. The lowest BCUT2D eigenvalue weighted by molar-refractivity contribution is 0.899. The van der Waals surface area contributed by atoms with Crippen molar-refractivity contribution in [3.8, 4) is 0 Å². The minimum absolute atomic E-state index is 0.778. The molecule has 0 radical (unpaired) electrons. The van der Waals surface area contributed by atoms with E-state index in [2.05, 4.69) is 47.3 Å². The van der Waals surface area contributed by atoms with Gasteiger partial charge in [0.2, 0.25) is 0 Å². The molecule has 0 aromatic carbocycles. The van der Waals surface area contributed by atoms with Gasteiger partial charge in [0, 0.05) is 25.4 Å². The minimum atomic E-state index is 0.778. The van der Waals surface area contributed by atoms with Crippen LogP contribution in [0.25, 0.3) is 0 Å². The average Bonchev–Trinajstić information content (AvgIpc) is 2.40. The highest BCUT2D eigenvalue weighted by molar-refractivity contribution is 5.48. The Morgan fingerprint density at radius 3 is 2.67 bits per heavy atom. The van der Waals surface area contributed by atoms with Crippen LogP contribution in [0.4, 0.5) is 5.82 Å². The maximum atomic E-state index is 4.31. The highest BCUT2D eigenvalue weighted by Crippen LogP contribution is 2.19. The van der Waals surface area contributed by atoms with Gasteiger partial charge >= 0.3 is 0 Å². The molecule has 0 aliphatic heterocycles. The summed E-state index contributed by atoms with van der Waals surface area (Å²) in [7, 11) is 0. The maximum Gasteiger partial charge on any atom is 0.151 e. The van der Waals surface area contributed by atoms with E-state index in [-0.39, 0.29) is 0 Å². The van der Waals surface area contributed by atoms with E-state index in [0.717, 1.165) is 30.0 Å². The summed E-state index contributed by atoms with van der Waals surface area (Å²) < 4.78 is 0. The fourth-order valence-electron chi connectivity index (χ4n) is 1.85. The molecule has 1 N–H and O–H groups in total. The average molecular weight is 242 g/mol. The van der Waals surface area contributed by atoms with Crippen LogP contribution < -0.4 is 5.32 Å². The van der Waals surface area contributed by atoms with Gasteiger partial charge in [0.05, 0.1) is 5.69 Å². The molecular weight excluding hydrogens is 224 g/mol. The minimum Gasteiger partial charge on any atom is -0.369 e. The zero-order valence-electron chi connectivity index (χ0n) is 11.1. The largest absolute Gasteiger partial charge is 0.369 e. The van der Waals surface area contributed by atoms with Crippen molar-refractivity contribution in [1.82, 2.24) is 15.2 Å². The molecule has 4 nitrogen and oxygen atoms in total. The number of hydrogen-bond acceptors (Lipinski definition) is 4. The van der Waals surface area contributed by atoms with Gasteiger partial charge in [-0.2, -0.15) is 5.10 Å². The number of nitrogens with zero attached hydrogens (tertiary/aromatic N) is 3. The Hall–Kier alpha value is -1.97. The smallest absolute Gasteiger partial charge is 0.151 e. The molecule has 0 saturated heterocycles. The molecule has 0 fully saturated rings. The second kappa shape index (κ2) is 5.58. The molecule has 0 bridgehead atoms. The van der Waals surface area contributed by atoms with Crippen molar-refractivity contribution < 1.29 is 0 Å². The molecule has 0 saturated carbocycles. The van der Waals surface area contributed by atoms with E-state index in [1.54, 1.807) is 6.20 Å². The van der Waals surface area contributed by atoms with E-state index in [9.17, 15) is 0 Å². The summed E-state index contributed by atoms with van der Waals surface area (Å²) in [4.78, 5) is 4.12. The number of pyridine rings is 1. The molecule has 94 valence electrons. The predicted octanol–water partition coefficient (Wildman–Crippen LogP) is 2.51. The highest BCUT2D eigenvalue weighted by Gasteiger charge is 2.09.